The molecule has 2 fully saturated rings. The van der Waals surface area contributed by atoms with E-state index in [1.54, 1.807) is 0 Å². The molecule has 15 heavy (non-hydrogen) atoms. The SMILES string of the molecule is NCC1(C2(O)CCC(=O)CC2)CCOC1. The number of carbonyl (C=O) groups is 1. The van der Waals surface area contributed by atoms with Crippen molar-refractivity contribution < 1.29 is 14.6 Å². The largest absolute Gasteiger partial charge is 0.389 e. The van der Waals surface area contributed by atoms with Gasteiger partial charge in [-0.1, -0.05) is 0 Å². The summed E-state index contributed by atoms with van der Waals surface area (Å²) in [5.74, 6) is 0.255. The van der Waals surface area contributed by atoms with Gasteiger partial charge < -0.3 is 15.6 Å². The average Bonchev–Trinajstić information content (AvgIpc) is 2.73. The Hall–Kier alpha value is -0.450. The number of hydrogen-bond acceptors (Lipinski definition) is 4. The molecular formula is C11H19NO3. The molecule has 2 aliphatic rings. The van der Waals surface area contributed by atoms with Crippen molar-refractivity contribution in [2.75, 3.05) is 19.8 Å². The Morgan fingerprint density at radius 2 is 2.00 bits per heavy atom. The van der Waals surface area contributed by atoms with Crippen molar-refractivity contribution in [1.29, 1.82) is 0 Å². The molecule has 4 nitrogen and oxygen atoms in total. The molecule has 0 bridgehead atoms. The van der Waals surface area contributed by atoms with Crippen LogP contribution in [0, 0.1) is 5.41 Å². The van der Waals surface area contributed by atoms with Crippen molar-refractivity contribution in [3.8, 4) is 0 Å². The number of hydrogen-bond donors (Lipinski definition) is 2. The number of Topliss-reactive ketones (excluding diaryl/α,β-unsaturated/α-hetero) is 1. The highest BCUT2D eigenvalue weighted by atomic mass is 16.5. The van der Waals surface area contributed by atoms with Crippen LogP contribution in [-0.2, 0) is 9.53 Å². The molecule has 0 aromatic carbocycles. The number of rotatable bonds is 2. The lowest BCUT2D eigenvalue weighted by atomic mass is 9.64. The van der Waals surface area contributed by atoms with Crippen molar-refractivity contribution in [2.45, 2.75) is 37.7 Å². The molecule has 4 heteroatoms. The predicted octanol–water partition coefficient (Wildman–Crippen LogP) is 0.226. The Morgan fingerprint density at radius 1 is 1.33 bits per heavy atom. The van der Waals surface area contributed by atoms with Gasteiger partial charge >= 0.3 is 0 Å². The minimum Gasteiger partial charge on any atom is -0.389 e. The molecule has 1 saturated heterocycles. The van der Waals surface area contributed by atoms with E-state index in [-0.39, 0.29) is 11.2 Å². The van der Waals surface area contributed by atoms with Crippen molar-refractivity contribution in [3.63, 3.8) is 0 Å². The summed E-state index contributed by atoms with van der Waals surface area (Å²) in [4.78, 5) is 11.2. The molecule has 0 amide bonds. The van der Waals surface area contributed by atoms with Crippen LogP contribution >= 0.6 is 0 Å². The summed E-state index contributed by atoms with van der Waals surface area (Å²) in [5.41, 5.74) is 4.70. The summed E-state index contributed by atoms with van der Waals surface area (Å²) in [7, 11) is 0. The summed E-state index contributed by atoms with van der Waals surface area (Å²) in [5, 5.41) is 10.6. The minimum absolute atomic E-state index is 0.255. The van der Waals surface area contributed by atoms with Gasteiger partial charge in [-0.2, -0.15) is 0 Å². The van der Waals surface area contributed by atoms with Crippen LogP contribution in [0.1, 0.15) is 32.1 Å². The summed E-state index contributed by atoms with van der Waals surface area (Å²) in [6.07, 6.45) is 2.88. The molecule has 1 atom stereocenters. The van der Waals surface area contributed by atoms with Crippen LogP contribution in [0.5, 0.6) is 0 Å². The topological polar surface area (TPSA) is 72.5 Å². The second kappa shape index (κ2) is 3.85. The Kier molecular flexibility index (Phi) is 2.83. The van der Waals surface area contributed by atoms with Crippen LogP contribution in [-0.4, -0.2) is 36.2 Å². The fourth-order valence-corrected chi connectivity index (χ4v) is 2.80. The molecule has 2 rings (SSSR count). The van der Waals surface area contributed by atoms with E-state index in [9.17, 15) is 9.90 Å². The second-order valence-electron chi connectivity index (χ2n) is 4.86. The fourth-order valence-electron chi connectivity index (χ4n) is 2.80. The van der Waals surface area contributed by atoms with Gasteiger partial charge in [0.05, 0.1) is 12.2 Å². The van der Waals surface area contributed by atoms with Crippen molar-refractivity contribution in [2.24, 2.45) is 11.1 Å². The van der Waals surface area contributed by atoms with Crippen LogP contribution in [0.15, 0.2) is 0 Å². The Balaban J connectivity index is 2.16. The third kappa shape index (κ3) is 1.71. The van der Waals surface area contributed by atoms with Crippen LogP contribution in [0.3, 0.4) is 0 Å². The lowest BCUT2D eigenvalue weighted by Crippen LogP contribution is -2.55. The fraction of sp³-hybridized carbons (Fsp3) is 0.909. The maximum absolute atomic E-state index is 11.2. The lowest BCUT2D eigenvalue weighted by molar-refractivity contribution is -0.137. The molecule has 3 N–H and O–H groups in total. The number of aliphatic hydroxyl groups is 1. The molecule has 86 valence electrons. The zero-order valence-electron chi connectivity index (χ0n) is 9.00. The number of nitrogens with two attached hydrogens (primary N) is 1. The van der Waals surface area contributed by atoms with E-state index in [0.717, 1.165) is 6.42 Å². The van der Waals surface area contributed by atoms with E-state index >= 15 is 0 Å². The van der Waals surface area contributed by atoms with Gasteiger partial charge in [-0.05, 0) is 19.3 Å². The Labute approximate surface area is 89.8 Å². The van der Waals surface area contributed by atoms with Crippen LogP contribution in [0.4, 0.5) is 0 Å². The summed E-state index contributed by atoms with van der Waals surface area (Å²) < 4.78 is 5.37. The maximum atomic E-state index is 11.2. The molecule has 1 heterocycles. The molecule has 0 aromatic rings. The minimum atomic E-state index is -0.786. The van der Waals surface area contributed by atoms with Gasteiger partial charge in [-0.15, -0.1) is 0 Å². The average molecular weight is 213 g/mol. The van der Waals surface area contributed by atoms with Gasteiger partial charge in [0.15, 0.2) is 0 Å². The molecule has 1 aliphatic carbocycles. The highest BCUT2D eigenvalue weighted by Crippen LogP contribution is 2.46. The molecular weight excluding hydrogens is 194 g/mol. The maximum Gasteiger partial charge on any atom is 0.133 e. The van der Waals surface area contributed by atoms with Gasteiger partial charge in [-0.3, -0.25) is 4.79 Å². The first-order valence-electron chi connectivity index (χ1n) is 5.64. The highest BCUT2D eigenvalue weighted by Gasteiger charge is 2.52. The second-order valence-corrected chi connectivity index (χ2v) is 4.86. The summed E-state index contributed by atoms with van der Waals surface area (Å²) >= 11 is 0. The summed E-state index contributed by atoms with van der Waals surface area (Å²) in [6, 6.07) is 0. The number of ether oxygens (including phenoxy) is 1. The van der Waals surface area contributed by atoms with E-state index in [2.05, 4.69) is 0 Å². The van der Waals surface area contributed by atoms with Gasteiger partial charge in [0.1, 0.15) is 5.78 Å². The van der Waals surface area contributed by atoms with E-state index < -0.39 is 5.60 Å². The van der Waals surface area contributed by atoms with E-state index in [0.29, 0.717) is 45.4 Å². The molecule has 0 radical (unpaired) electrons. The van der Waals surface area contributed by atoms with E-state index in [4.69, 9.17) is 10.5 Å². The Morgan fingerprint density at radius 3 is 2.47 bits per heavy atom. The third-order valence-electron chi connectivity index (χ3n) is 4.12. The van der Waals surface area contributed by atoms with Crippen molar-refractivity contribution in [3.05, 3.63) is 0 Å². The van der Waals surface area contributed by atoms with Crippen molar-refractivity contribution in [1.82, 2.24) is 0 Å². The zero-order chi connectivity index (χ0) is 10.9. The van der Waals surface area contributed by atoms with Crippen LogP contribution < -0.4 is 5.73 Å². The smallest absolute Gasteiger partial charge is 0.133 e. The number of ketones is 1. The summed E-state index contributed by atoms with van der Waals surface area (Å²) in [6.45, 7) is 1.65. The molecule has 0 aromatic heterocycles. The normalized spacial score (nSPS) is 35.7. The quantitative estimate of drug-likeness (QED) is 0.688. The molecule has 1 unspecified atom stereocenters. The monoisotopic (exact) mass is 213 g/mol. The van der Waals surface area contributed by atoms with E-state index in [1.807, 2.05) is 0 Å². The Bertz CT molecular complexity index is 249. The first kappa shape index (κ1) is 11.0. The molecule has 1 saturated carbocycles. The standard InChI is InChI=1S/C11H19NO3/c12-7-10(5-6-15-8-10)11(14)3-1-9(13)2-4-11/h14H,1-8,12H2. The van der Waals surface area contributed by atoms with Crippen LogP contribution in [0.25, 0.3) is 0 Å². The first-order chi connectivity index (χ1) is 7.12. The van der Waals surface area contributed by atoms with Crippen LogP contribution in [0.2, 0.25) is 0 Å². The van der Waals surface area contributed by atoms with Gasteiger partial charge in [0.2, 0.25) is 0 Å². The van der Waals surface area contributed by atoms with Gasteiger partial charge in [0.25, 0.3) is 0 Å². The van der Waals surface area contributed by atoms with Crippen molar-refractivity contribution >= 4 is 5.78 Å². The third-order valence-corrected chi connectivity index (χ3v) is 4.12. The molecule has 1 aliphatic heterocycles. The predicted molar refractivity (Wildman–Crippen MR) is 55.3 cm³/mol. The molecule has 0 spiro atoms. The first-order valence-corrected chi connectivity index (χ1v) is 5.64. The zero-order valence-corrected chi connectivity index (χ0v) is 9.00. The lowest BCUT2D eigenvalue weighted by Gasteiger charge is -2.45. The number of carbonyl (C=O) groups excluding carboxylic acids is 1. The van der Waals surface area contributed by atoms with Gasteiger partial charge in [0, 0.05) is 31.4 Å². The highest BCUT2D eigenvalue weighted by molar-refractivity contribution is 5.79. The van der Waals surface area contributed by atoms with Gasteiger partial charge in [-0.25, -0.2) is 0 Å². The van der Waals surface area contributed by atoms with E-state index in [1.165, 1.54) is 0 Å².